The second-order valence-electron chi connectivity index (χ2n) is 2.05. The Morgan fingerprint density at radius 2 is 2.18 bits per heavy atom. The Hall–Kier alpha value is -1.10. The molecule has 0 bridgehead atoms. The molecule has 1 atom stereocenters. The van der Waals surface area contributed by atoms with Crippen molar-refractivity contribution < 1.29 is 23.8 Å². The van der Waals surface area contributed by atoms with Gasteiger partial charge in [-0.1, -0.05) is 0 Å². The highest BCUT2D eigenvalue weighted by Crippen LogP contribution is 2.08. The third-order valence-electron chi connectivity index (χ3n) is 1.15. The second kappa shape index (κ2) is 3.34. The molecule has 11 heavy (non-hydrogen) atoms. The van der Waals surface area contributed by atoms with Crippen molar-refractivity contribution in [1.29, 1.82) is 0 Å². The van der Waals surface area contributed by atoms with Gasteiger partial charge in [0.1, 0.15) is 12.7 Å². The highest BCUT2D eigenvalue weighted by Gasteiger charge is 2.26. The van der Waals surface area contributed by atoms with Gasteiger partial charge in [0.25, 0.3) is 0 Å². The van der Waals surface area contributed by atoms with E-state index < -0.39 is 11.9 Å². The van der Waals surface area contributed by atoms with E-state index in [1.54, 1.807) is 0 Å². The third-order valence-corrected chi connectivity index (χ3v) is 1.15. The highest BCUT2D eigenvalue weighted by atomic mass is 16.6. The molecule has 1 aliphatic heterocycles. The summed E-state index contributed by atoms with van der Waals surface area (Å²) in [6.07, 6.45) is -0.0244. The molecule has 0 radical (unpaired) electrons. The van der Waals surface area contributed by atoms with E-state index in [1.807, 2.05) is 0 Å². The van der Waals surface area contributed by atoms with Gasteiger partial charge in [-0.25, -0.2) is 9.59 Å². The lowest BCUT2D eigenvalue weighted by atomic mass is 10.5. The van der Waals surface area contributed by atoms with Gasteiger partial charge in [0, 0.05) is 0 Å². The van der Waals surface area contributed by atoms with Gasteiger partial charge in [-0.05, 0) is 0 Å². The summed E-state index contributed by atoms with van der Waals surface area (Å²) < 4.78 is 13.3. The molecule has 62 valence electrons. The molecule has 0 spiro atoms. The number of hydrogen-bond acceptors (Lipinski definition) is 5. The molecule has 1 aliphatic rings. The fourth-order valence-corrected chi connectivity index (χ4v) is 0.475. The van der Waals surface area contributed by atoms with E-state index in [9.17, 15) is 9.59 Å². The Balaban J connectivity index is 2.13. The van der Waals surface area contributed by atoms with Crippen LogP contribution >= 0.6 is 0 Å². The topological polar surface area (TPSA) is 65.1 Å². The Kier molecular flexibility index (Phi) is 2.43. The number of rotatable bonds is 2. The molecule has 1 rings (SSSR count). The molecule has 1 heterocycles. The van der Waals surface area contributed by atoms with E-state index in [0.29, 0.717) is 6.61 Å². The smallest absolute Gasteiger partial charge is 0.417 e. The summed E-state index contributed by atoms with van der Waals surface area (Å²) in [5.74, 6) is -1.95. The van der Waals surface area contributed by atoms with Crippen LogP contribution in [0.15, 0.2) is 0 Å². The van der Waals surface area contributed by atoms with Crippen LogP contribution in [0.5, 0.6) is 0 Å². The number of carbonyl (C=O) groups excluding carboxylic acids is 2. The molecule has 1 unspecified atom stereocenters. The van der Waals surface area contributed by atoms with Crippen molar-refractivity contribution >= 4 is 11.9 Å². The lowest BCUT2D eigenvalue weighted by Gasteiger charge is -1.98. The van der Waals surface area contributed by atoms with Gasteiger partial charge < -0.3 is 14.2 Å². The van der Waals surface area contributed by atoms with E-state index in [-0.39, 0.29) is 12.7 Å². The van der Waals surface area contributed by atoms with E-state index in [0.717, 1.165) is 7.11 Å². The third kappa shape index (κ3) is 2.55. The SMILES string of the molecule is COC(=O)C(=O)OCC1CO1. The predicted molar refractivity (Wildman–Crippen MR) is 32.7 cm³/mol. The van der Waals surface area contributed by atoms with Gasteiger partial charge in [0.05, 0.1) is 13.7 Å². The molecule has 0 aromatic rings. The normalized spacial score (nSPS) is 20.6. The van der Waals surface area contributed by atoms with Crippen molar-refractivity contribution in [3.8, 4) is 0 Å². The lowest BCUT2D eigenvalue weighted by Crippen LogP contribution is -2.20. The van der Waals surface area contributed by atoms with Crippen molar-refractivity contribution in [3.05, 3.63) is 0 Å². The maximum Gasteiger partial charge on any atom is 0.417 e. The molecule has 0 amide bonds. The molecule has 5 nitrogen and oxygen atoms in total. The Labute approximate surface area is 63.2 Å². The minimum absolute atomic E-state index is 0.0244. The van der Waals surface area contributed by atoms with Gasteiger partial charge in [-0.3, -0.25) is 0 Å². The number of carbonyl (C=O) groups is 2. The summed E-state index contributed by atoms with van der Waals surface area (Å²) >= 11 is 0. The number of ether oxygens (including phenoxy) is 3. The monoisotopic (exact) mass is 160 g/mol. The Bertz CT molecular complexity index is 172. The first-order chi connectivity index (χ1) is 5.24. The first kappa shape index (κ1) is 8.00. The summed E-state index contributed by atoms with van der Waals surface area (Å²) in [6.45, 7) is 0.725. The largest absolute Gasteiger partial charge is 0.461 e. The molecule has 0 N–H and O–H groups in total. The summed E-state index contributed by atoms with van der Waals surface area (Å²) in [6, 6.07) is 0. The van der Waals surface area contributed by atoms with Crippen LogP contribution in [0, 0.1) is 0 Å². The van der Waals surface area contributed by atoms with Crippen LogP contribution in [-0.4, -0.2) is 38.4 Å². The van der Waals surface area contributed by atoms with Gasteiger partial charge >= 0.3 is 11.9 Å². The van der Waals surface area contributed by atoms with E-state index in [1.165, 1.54) is 0 Å². The maximum absolute atomic E-state index is 10.6. The summed E-state index contributed by atoms with van der Waals surface area (Å²) in [7, 11) is 1.12. The zero-order chi connectivity index (χ0) is 8.27. The fourth-order valence-electron chi connectivity index (χ4n) is 0.475. The molecular formula is C6H8O5. The summed E-state index contributed by atoms with van der Waals surface area (Å²) in [4.78, 5) is 21.0. The number of epoxide rings is 1. The molecule has 0 saturated carbocycles. The van der Waals surface area contributed by atoms with Crippen LogP contribution < -0.4 is 0 Å². The van der Waals surface area contributed by atoms with Crippen LogP contribution in [-0.2, 0) is 23.8 Å². The Morgan fingerprint density at radius 1 is 1.55 bits per heavy atom. The average molecular weight is 160 g/mol. The van der Waals surface area contributed by atoms with Crippen molar-refractivity contribution in [1.82, 2.24) is 0 Å². The van der Waals surface area contributed by atoms with Crippen LogP contribution in [0.2, 0.25) is 0 Å². The lowest BCUT2D eigenvalue weighted by molar-refractivity contribution is -0.166. The molecule has 0 aromatic carbocycles. The minimum atomic E-state index is -0.981. The van der Waals surface area contributed by atoms with Crippen molar-refractivity contribution in [2.45, 2.75) is 6.10 Å². The summed E-state index contributed by atoms with van der Waals surface area (Å²) in [5.41, 5.74) is 0. The second-order valence-corrected chi connectivity index (χ2v) is 2.05. The standard InChI is InChI=1S/C6H8O5/c1-9-5(7)6(8)11-3-4-2-10-4/h4H,2-3H2,1H3. The van der Waals surface area contributed by atoms with E-state index >= 15 is 0 Å². The highest BCUT2D eigenvalue weighted by molar-refractivity contribution is 6.29. The van der Waals surface area contributed by atoms with Crippen molar-refractivity contribution in [3.63, 3.8) is 0 Å². The number of esters is 2. The molecule has 0 aliphatic carbocycles. The van der Waals surface area contributed by atoms with Gasteiger partial charge in [0.15, 0.2) is 0 Å². The fraction of sp³-hybridized carbons (Fsp3) is 0.667. The summed E-state index contributed by atoms with van der Waals surface area (Å²) in [5, 5.41) is 0. The van der Waals surface area contributed by atoms with Gasteiger partial charge in [-0.15, -0.1) is 0 Å². The molecule has 5 heteroatoms. The molecule has 0 aromatic heterocycles. The molecule has 1 fully saturated rings. The van der Waals surface area contributed by atoms with Crippen molar-refractivity contribution in [2.75, 3.05) is 20.3 Å². The number of hydrogen-bond donors (Lipinski definition) is 0. The minimum Gasteiger partial charge on any atom is -0.461 e. The van der Waals surface area contributed by atoms with Crippen molar-refractivity contribution in [2.24, 2.45) is 0 Å². The van der Waals surface area contributed by atoms with Crippen LogP contribution in [0.25, 0.3) is 0 Å². The van der Waals surface area contributed by atoms with Gasteiger partial charge in [0.2, 0.25) is 0 Å². The quantitative estimate of drug-likeness (QED) is 0.297. The number of methoxy groups -OCH3 is 1. The van der Waals surface area contributed by atoms with Crippen LogP contribution in [0.3, 0.4) is 0 Å². The van der Waals surface area contributed by atoms with Crippen LogP contribution in [0.4, 0.5) is 0 Å². The first-order valence-corrected chi connectivity index (χ1v) is 3.10. The van der Waals surface area contributed by atoms with Crippen LogP contribution in [0.1, 0.15) is 0 Å². The first-order valence-electron chi connectivity index (χ1n) is 3.10. The predicted octanol–water partition coefficient (Wildman–Crippen LogP) is -0.899. The maximum atomic E-state index is 10.6. The van der Waals surface area contributed by atoms with E-state index in [2.05, 4.69) is 9.47 Å². The average Bonchev–Trinajstić information content (AvgIpc) is 2.81. The zero-order valence-electron chi connectivity index (χ0n) is 6.03. The zero-order valence-corrected chi connectivity index (χ0v) is 6.03. The van der Waals surface area contributed by atoms with E-state index in [4.69, 9.17) is 4.74 Å². The van der Waals surface area contributed by atoms with Gasteiger partial charge in [-0.2, -0.15) is 0 Å². The molecule has 1 saturated heterocycles. The Morgan fingerprint density at radius 3 is 2.64 bits per heavy atom. The molecular weight excluding hydrogens is 152 g/mol.